The highest BCUT2D eigenvalue weighted by Crippen LogP contribution is 2.15. The zero-order valence-electron chi connectivity index (χ0n) is 8.89. The van der Waals surface area contributed by atoms with Crippen molar-refractivity contribution in [3.05, 3.63) is 29.8 Å². The van der Waals surface area contributed by atoms with Crippen LogP contribution in [0.25, 0.3) is 0 Å². The Morgan fingerprint density at radius 3 is 2.40 bits per heavy atom. The van der Waals surface area contributed by atoms with E-state index in [-0.39, 0.29) is 5.75 Å². The summed E-state index contributed by atoms with van der Waals surface area (Å²) in [6.07, 6.45) is 0. The maximum absolute atomic E-state index is 12.8. The fraction of sp³-hybridized carbons (Fsp3) is 0.455. The molecule has 1 rings (SSSR count). The van der Waals surface area contributed by atoms with Crippen LogP contribution in [-0.4, -0.2) is 20.2 Å². The summed E-state index contributed by atoms with van der Waals surface area (Å²) in [6.45, 7) is 3.23. The normalized spacial score (nSPS) is 12.5. The van der Waals surface area contributed by atoms with Crippen LogP contribution in [0.1, 0.15) is 6.92 Å². The predicted molar refractivity (Wildman–Crippen MR) is 54.9 cm³/mol. The molecular weight excluding hydrogens is 200 g/mol. The van der Waals surface area contributed by atoms with Gasteiger partial charge in [0.2, 0.25) is 0 Å². The maximum atomic E-state index is 12.8. The molecule has 0 saturated heterocycles. The zero-order chi connectivity index (χ0) is 11.3. The number of ether oxygens (including phenoxy) is 1. The third kappa shape index (κ3) is 4.25. The number of nitrogens with one attached hydrogen (secondary N) is 1. The number of rotatable bonds is 5. The quantitative estimate of drug-likeness (QED) is 0.813. The molecule has 0 aliphatic heterocycles. The second-order valence-corrected chi connectivity index (χ2v) is 3.58. The molecule has 1 aromatic carbocycles. The Morgan fingerprint density at radius 2 is 1.87 bits per heavy atom. The number of hydrogen-bond acceptors (Lipinski definition) is 2. The molecule has 0 bridgehead atoms. The molecule has 1 aromatic rings. The smallest absolute Gasteiger partial charge is 0.129 e. The van der Waals surface area contributed by atoms with Crippen LogP contribution in [0.15, 0.2) is 18.2 Å². The first-order valence-corrected chi connectivity index (χ1v) is 4.85. The Hall–Kier alpha value is -1.16. The van der Waals surface area contributed by atoms with Gasteiger partial charge in [-0.25, -0.2) is 8.78 Å². The van der Waals surface area contributed by atoms with Crippen LogP contribution in [0.4, 0.5) is 8.78 Å². The van der Waals surface area contributed by atoms with Crippen LogP contribution in [0.5, 0.6) is 5.75 Å². The summed E-state index contributed by atoms with van der Waals surface area (Å²) in [7, 11) is 1.85. The molecule has 84 valence electrons. The minimum Gasteiger partial charge on any atom is -0.493 e. The Kier molecular flexibility index (Phi) is 4.49. The van der Waals surface area contributed by atoms with Crippen molar-refractivity contribution in [2.45, 2.75) is 6.92 Å². The molecule has 1 atom stereocenters. The van der Waals surface area contributed by atoms with Crippen molar-refractivity contribution >= 4 is 0 Å². The summed E-state index contributed by atoms with van der Waals surface area (Å²) in [5, 5.41) is 3.00. The van der Waals surface area contributed by atoms with Crippen molar-refractivity contribution in [2.24, 2.45) is 5.92 Å². The lowest BCUT2D eigenvalue weighted by Gasteiger charge is -2.12. The molecule has 0 fully saturated rings. The molecule has 0 saturated carbocycles. The molecule has 2 nitrogen and oxygen atoms in total. The molecule has 15 heavy (non-hydrogen) atoms. The molecule has 1 unspecified atom stereocenters. The van der Waals surface area contributed by atoms with Crippen LogP contribution >= 0.6 is 0 Å². The Morgan fingerprint density at radius 1 is 1.27 bits per heavy atom. The topological polar surface area (TPSA) is 21.3 Å². The summed E-state index contributed by atoms with van der Waals surface area (Å²) in [5.41, 5.74) is 0. The molecule has 0 heterocycles. The van der Waals surface area contributed by atoms with E-state index in [1.165, 1.54) is 12.1 Å². The van der Waals surface area contributed by atoms with Gasteiger partial charge in [-0.2, -0.15) is 0 Å². The van der Waals surface area contributed by atoms with Crippen LogP contribution < -0.4 is 10.1 Å². The van der Waals surface area contributed by atoms with Crippen molar-refractivity contribution in [1.82, 2.24) is 5.32 Å². The first-order chi connectivity index (χ1) is 7.11. The second-order valence-electron chi connectivity index (χ2n) is 3.58. The molecule has 4 heteroatoms. The lowest BCUT2D eigenvalue weighted by atomic mass is 10.2. The third-order valence-electron chi connectivity index (χ3n) is 1.92. The fourth-order valence-electron chi connectivity index (χ4n) is 1.26. The molecular formula is C11H15F2NO. The van der Waals surface area contributed by atoms with Gasteiger partial charge in [0.15, 0.2) is 0 Å². The molecule has 0 radical (unpaired) electrons. The monoisotopic (exact) mass is 215 g/mol. The Bertz CT molecular complexity index is 297. The number of benzene rings is 1. The second kappa shape index (κ2) is 5.66. The first-order valence-electron chi connectivity index (χ1n) is 4.85. The van der Waals surface area contributed by atoms with E-state index in [2.05, 4.69) is 5.32 Å². The van der Waals surface area contributed by atoms with Gasteiger partial charge >= 0.3 is 0 Å². The maximum Gasteiger partial charge on any atom is 0.129 e. The highest BCUT2D eigenvalue weighted by Gasteiger charge is 2.04. The van der Waals surface area contributed by atoms with Gasteiger partial charge in [0.25, 0.3) is 0 Å². The Labute approximate surface area is 88.3 Å². The van der Waals surface area contributed by atoms with Gasteiger partial charge in [-0.05, 0) is 7.05 Å². The minimum absolute atomic E-state index is 0.232. The molecule has 1 N–H and O–H groups in total. The lowest BCUT2D eigenvalue weighted by Crippen LogP contribution is -2.21. The van der Waals surface area contributed by atoms with E-state index < -0.39 is 11.6 Å². The van der Waals surface area contributed by atoms with E-state index in [1.807, 2.05) is 14.0 Å². The van der Waals surface area contributed by atoms with Crippen LogP contribution in [0, 0.1) is 17.6 Å². The molecule has 0 aliphatic carbocycles. The first kappa shape index (κ1) is 11.9. The predicted octanol–water partition coefficient (Wildman–Crippen LogP) is 2.20. The van der Waals surface area contributed by atoms with E-state index in [1.54, 1.807) is 0 Å². The van der Waals surface area contributed by atoms with Crippen molar-refractivity contribution in [3.8, 4) is 5.75 Å². The highest BCUT2D eigenvalue weighted by molar-refractivity contribution is 5.23. The molecule has 0 amide bonds. The van der Waals surface area contributed by atoms with Gasteiger partial charge in [0.05, 0.1) is 6.61 Å². The summed E-state index contributed by atoms with van der Waals surface area (Å²) in [5.74, 6) is -0.714. The lowest BCUT2D eigenvalue weighted by molar-refractivity contribution is 0.256. The van der Waals surface area contributed by atoms with E-state index in [0.717, 1.165) is 12.6 Å². The number of hydrogen-bond donors (Lipinski definition) is 1. The standard InChI is InChI=1S/C11H15F2NO/c1-8(6-14-2)7-15-11-4-9(12)3-10(13)5-11/h3-5,8,14H,6-7H2,1-2H3. The molecule has 0 spiro atoms. The van der Waals surface area contributed by atoms with E-state index in [9.17, 15) is 8.78 Å². The van der Waals surface area contributed by atoms with Crippen molar-refractivity contribution in [2.75, 3.05) is 20.2 Å². The fourth-order valence-corrected chi connectivity index (χ4v) is 1.26. The van der Waals surface area contributed by atoms with E-state index >= 15 is 0 Å². The zero-order valence-corrected chi connectivity index (χ0v) is 8.89. The van der Waals surface area contributed by atoms with Gasteiger partial charge in [-0.1, -0.05) is 6.92 Å². The van der Waals surface area contributed by atoms with Crippen LogP contribution in [0.3, 0.4) is 0 Å². The highest BCUT2D eigenvalue weighted by atomic mass is 19.1. The Balaban J connectivity index is 2.50. The largest absolute Gasteiger partial charge is 0.493 e. The van der Waals surface area contributed by atoms with Gasteiger partial charge in [-0.15, -0.1) is 0 Å². The summed E-state index contributed by atoms with van der Waals surface area (Å²) in [6, 6.07) is 3.17. The SMILES string of the molecule is CNCC(C)COc1cc(F)cc(F)c1. The van der Waals surface area contributed by atoms with Gasteiger partial charge in [-0.3, -0.25) is 0 Å². The van der Waals surface area contributed by atoms with Crippen LogP contribution in [-0.2, 0) is 0 Å². The van der Waals surface area contributed by atoms with Crippen molar-refractivity contribution in [1.29, 1.82) is 0 Å². The van der Waals surface area contributed by atoms with E-state index in [4.69, 9.17) is 4.74 Å². The van der Waals surface area contributed by atoms with E-state index in [0.29, 0.717) is 12.5 Å². The molecule has 0 aromatic heterocycles. The third-order valence-corrected chi connectivity index (χ3v) is 1.92. The summed E-state index contributed by atoms with van der Waals surface area (Å²) >= 11 is 0. The average Bonchev–Trinajstić information content (AvgIpc) is 2.14. The van der Waals surface area contributed by atoms with Gasteiger partial charge in [0.1, 0.15) is 17.4 Å². The summed E-state index contributed by atoms with van der Waals surface area (Å²) < 4.78 is 30.8. The summed E-state index contributed by atoms with van der Waals surface area (Å²) in [4.78, 5) is 0. The van der Waals surface area contributed by atoms with Gasteiger partial charge in [0, 0.05) is 30.7 Å². The van der Waals surface area contributed by atoms with Gasteiger partial charge < -0.3 is 10.1 Å². The molecule has 0 aliphatic rings. The van der Waals surface area contributed by atoms with Crippen LogP contribution in [0.2, 0.25) is 0 Å². The van der Waals surface area contributed by atoms with Crippen molar-refractivity contribution in [3.63, 3.8) is 0 Å². The average molecular weight is 215 g/mol. The number of halogens is 2. The minimum atomic E-state index is -0.619. The van der Waals surface area contributed by atoms with Crippen molar-refractivity contribution < 1.29 is 13.5 Å².